The average molecular weight is 196 g/mol. The smallest absolute Gasteiger partial charge is 0.0445 e. The summed E-state index contributed by atoms with van der Waals surface area (Å²) in [4.78, 5) is 0. The van der Waals surface area contributed by atoms with E-state index in [0.29, 0.717) is 6.04 Å². The predicted molar refractivity (Wildman–Crippen MR) is 58.1 cm³/mol. The van der Waals surface area contributed by atoms with Gasteiger partial charge in [0.2, 0.25) is 0 Å². The summed E-state index contributed by atoms with van der Waals surface area (Å²) in [6.45, 7) is 6.38. The first kappa shape index (κ1) is 11.3. The van der Waals surface area contributed by atoms with Gasteiger partial charge < -0.3 is 15.0 Å². The Hall–Kier alpha value is -0.800. The van der Waals surface area contributed by atoms with Crippen LogP contribution in [0.25, 0.3) is 0 Å². The first-order valence-corrected chi connectivity index (χ1v) is 5.25. The van der Waals surface area contributed by atoms with Crippen molar-refractivity contribution in [3.8, 4) is 0 Å². The molecular formula is C11H20N2O. The van der Waals surface area contributed by atoms with Crippen molar-refractivity contribution < 1.29 is 5.11 Å². The Labute approximate surface area is 85.7 Å². The number of aliphatic hydroxyl groups is 1. The minimum atomic E-state index is 0.254. The highest BCUT2D eigenvalue weighted by Crippen LogP contribution is 2.01. The van der Waals surface area contributed by atoms with E-state index >= 15 is 0 Å². The molecule has 0 amide bonds. The summed E-state index contributed by atoms with van der Waals surface area (Å²) >= 11 is 0. The van der Waals surface area contributed by atoms with Gasteiger partial charge in [-0.3, -0.25) is 0 Å². The van der Waals surface area contributed by atoms with Gasteiger partial charge in [-0.25, -0.2) is 0 Å². The van der Waals surface area contributed by atoms with Gasteiger partial charge in [-0.2, -0.15) is 0 Å². The van der Waals surface area contributed by atoms with Crippen LogP contribution in [0.1, 0.15) is 25.8 Å². The summed E-state index contributed by atoms with van der Waals surface area (Å²) in [6.07, 6.45) is 5.06. The van der Waals surface area contributed by atoms with Crippen LogP contribution in [0.4, 0.5) is 0 Å². The van der Waals surface area contributed by atoms with Gasteiger partial charge in [-0.15, -0.1) is 0 Å². The van der Waals surface area contributed by atoms with Crippen LogP contribution in [-0.2, 0) is 13.1 Å². The third-order valence-corrected chi connectivity index (χ3v) is 2.39. The molecule has 1 aromatic rings. The molecular weight excluding hydrogens is 176 g/mol. The molecule has 0 aliphatic heterocycles. The summed E-state index contributed by atoms with van der Waals surface area (Å²) in [5, 5.41) is 12.1. The maximum Gasteiger partial charge on any atom is 0.0445 e. The van der Waals surface area contributed by atoms with E-state index in [1.807, 2.05) is 0 Å². The van der Waals surface area contributed by atoms with E-state index in [1.165, 1.54) is 5.56 Å². The highest BCUT2D eigenvalue weighted by molar-refractivity contribution is 5.09. The molecule has 0 aliphatic rings. The lowest BCUT2D eigenvalue weighted by atomic mass is 10.2. The van der Waals surface area contributed by atoms with Crippen LogP contribution in [-0.4, -0.2) is 22.3 Å². The molecule has 1 aromatic heterocycles. The Kier molecular flexibility index (Phi) is 4.70. The van der Waals surface area contributed by atoms with Gasteiger partial charge in [0, 0.05) is 38.1 Å². The van der Waals surface area contributed by atoms with E-state index in [2.05, 4.69) is 42.2 Å². The normalized spacial score (nSPS) is 13.1. The van der Waals surface area contributed by atoms with Crippen LogP contribution in [0.2, 0.25) is 0 Å². The number of aryl methyl sites for hydroxylation is 1. The first-order valence-electron chi connectivity index (χ1n) is 5.25. The number of hydrogen-bond donors (Lipinski definition) is 2. The number of rotatable bonds is 6. The highest BCUT2D eigenvalue weighted by Gasteiger charge is 2.00. The van der Waals surface area contributed by atoms with Crippen LogP contribution in [0.3, 0.4) is 0 Å². The van der Waals surface area contributed by atoms with E-state index in [4.69, 9.17) is 5.11 Å². The average Bonchev–Trinajstić information content (AvgIpc) is 2.63. The highest BCUT2D eigenvalue weighted by atomic mass is 16.3. The fraction of sp³-hybridized carbons (Fsp3) is 0.636. The molecule has 14 heavy (non-hydrogen) atoms. The summed E-state index contributed by atoms with van der Waals surface area (Å²) in [6, 6.07) is 2.51. The van der Waals surface area contributed by atoms with Crippen molar-refractivity contribution in [1.29, 1.82) is 0 Å². The number of hydrogen-bond acceptors (Lipinski definition) is 2. The maximum absolute atomic E-state index is 8.73. The molecule has 0 fully saturated rings. The molecule has 0 bridgehead atoms. The topological polar surface area (TPSA) is 37.2 Å². The van der Waals surface area contributed by atoms with Gasteiger partial charge in [-0.1, -0.05) is 0 Å². The molecule has 0 saturated heterocycles. The zero-order chi connectivity index (χ0) is 10.4. The van der Waals surface area contributed by atoms with Crippen LogP contribution < -0.4 is 5.32 Å². The lowest BCUT2D eigenvalue weighted by Gasteiger charge is -2.10. The summed E-state index contributed by atoms with van der Waals surface area (Å²) in [5.74, 6) is 0. The van der Waals surface area contributed by atoms with Crippen molar-refractivity contribution in [1.82, 2.24) is 9.88 Å². The molecule has 1 atom stereocenters. The second-order valence-electron chi connectivity index (χ2n) is 3.64. The third kappa shape index (κ3) is 3.52. The molecule has 0 aliphatic carbocycles. The van der Waals surface area contributed by atoms with Crippen LogP contribution in [0, 0.1) is 0 Å². The number of nitrogens with zero attached hydrogens (tertiary/aromatic N) is 1. The van der Waals surface area contributed by atoms with Gasteiger partial charge in [0.15, 0.2) is 0 Å². The first-order chi connectivity index (χ1) is 6.76. The molecule has 3 heteroatoms. The molecule has 1 rings (SSSR count). The van der Waals surface area contributed by atoms with Crippen molar-refractivity contribution in [2.45, 2.75) is 39.4 Å². The summed E-state index contributed by atoms with van der Waals surface area (Å²) in [5.41, 5.74) is 1.30. The molecule has 0 saturated carbocycles. The van der Waals surface area contributed by atoms with Gasteiger partial charge in [-0.05, 0) is 31.9 Å². The number of aliphatic hydroxyl groups excluding tert-OH is 1. The fourth-order valence-electron chi connectivity index (χ4n) is 1.38. The zero-order valence-electron chi connectivity index (χ0n) is 9.03. The van der Waals surface area contributed by atoms with Gasteiger partial charge in [0.25, 0.3) is 0 Å². The molecule has 3 nitrogen and oxygen atoms in total. The second-order valence-corrected chi connectivity index (χ2v) is 3.64. The lowest BCUT2D eigenvalue weighted by Crippen LogP contribution is -2.26. The fourth-order valence-corrected chi connectivity index (χ4v) is 1.38. The second kappa shape index (κ2) is 5.83. The van der Waals surface area contributed by atoms with Crippen molar-refractivity contribution >= 4 is 0 Å². The van der Waals surface area contributed by atoms with Crippen molar-refractivity contribution in [2.75, 3.05) is 6.61 Å². The maximum atomic E-state index is 8.73. The standard InChI is InChI=1S/C11H20N2O/c1-3-13-6-4-11(9-13)8-12-10(2)5-7-14/h4,6,9-10,12,14H,3,5,7-8H2,1-2H3. The Morgan fingerprint density at radius 1 is 1.57 bits per heavy atom. The van der Waals surface area contributed by atoms with Crippen molar-refractivity contribution in [3.63, 3.8) is 0 Å². The molecule has 1 heterocycles. The van der Waals surface area contributed by atoms with Crippen molar-refractivity contribution in [3.05, 3.63) is 24.0 Å². The monoisotopic (exact) mass is 196 g/mol. The molecule has 0 aromatic carbocycles. The van der Waals surface area contributed by atoms with Crippen molar-refractivity contribution in [2.24, 2.45) is 0 Å². The van der Waals surface area contributed by atoms with E-state index in [-0.39, 0.29) is 6.61 Å². The Morgan fingerprint density at radius 3 is 2.93 bits per heavy atom. The third-order valence-electron chi connectivity index (χ3n) is 2.39. The largest absolute Gasteiger partial charge is 0.396 e. The quantitative estimate of drug-likeness (QED) is 0.721. The van der Waals surface area contributed by atoms with E-state index in [1.54, 1.807) is 0 Å². The summed E-state index contributed by atoms with van der Waals surface area (Å²) < 4.78 is 2.16. The minimum Gasteiger partial charge on any atom is -0.396 e. The van der Waals surface area contributed by atoms with E-state index in [9.17, 15) is 0 Å². The van der Waals surface area contributed by atoms with Crippen LogP contribution in [0.15, 0.2) is 18.5 Å². The molecule has 0 radical (unpaired) electrons. The molecule has 0 spiro atoms. The van der Waals surface area contributed by atoms with Crippen LogP contribution >= 0.6 is 0 Å². The summed E-state index contributed by atoms with van der Waals surface area (Å²) in [7, 11) is 0. The number of aromatic nitrogens is 1. The molecule has 1 unspecified atom stereocenters. The predicted octanol–water partition coefficient (Wildman–Crippen LogP) is 1.37. The minimum absolute atomic E-state index is 0.254. The van der Waals surface area contributed by atoms with Crippen LogP contribution in [0.5, 0.6) is 0 Å². The zero-order valence-corrected chi connectivity index (χ0v) is 9.03. The SMILES string of the molecule is CCn1ccc(CNC(C)CCO)c1. The number of nitrogens with one attached hydrogen (secondary N) is 1. The van der Waals surface area contributed by atoms with Gasteiger partial charge in [0.05, 0.1) is 0 Å². The van der Waals surface area contributed by atoms with E-state index in [0.717, 1.165) is 19.5 Å². The molecule has 80 valence electrons. The van der Waals surface area contributed by atoms with E-state index < -0.39 is 0 Å². The van der Waals surface area contributed by atoms with Gasteiger partial charge in [0.1, 0.15) is 0 Å². The molecule has 2 N–H and O–H groups in total. The Balaban J connectivity index is 2.30. The Morgan fingerprint density at radius 2 is 2.36 bits per heavy atom. The van der Waals surface area contributed by atoms with Gasteiger partial charge >= 0.3 is 0 Å². The Bertz CT molecular complexity index is 258. The lowest BCUT2D eigenvalue weighted by molar-refractivity contribution is 0.268.